The number of hydrogen-bond acceptors (Lipinski definition) is 4. The molecule has 4 nitrogen and oxygen atoms in total. The second-order valence-corrected chi connectivity index (χ2v) is 5.84. The fraction of sp³-hybridized carbons (Fsp3) is 0.538. The monoisotopic (exact) mass is 269 g/mol. The standard InChI is InChI=1S/C13H19NO3S/c1-13(2,3)17-12(16)14-11(8-15)5-4-10-6-7-18-9-10/h6-9,11H,4-5H2,1-3H3,(H,14,16). The highest BCUT2D eigenvalue weighted by molar-refractivity contribution is 7.07. The Balaban J connectivity index is 2.37. The molecular formula is C13H19NO3S. The van der Waals surface area contributed by atoms with Crippen LogP contribution in [0, 0.1) is 0 Å². The van der Waals surface area contributed by atoms with Crippen molar-refractivity contribution >= 4 is 23.7 Å². The Hall–Kier alpha value is -1.36. The lowest BCUT2D eigenvalue weighted by molar-refractivity contribution is -0.109. The molecule has 18 heavy (non-hydrogen) atoms. The topological polar surface area (TPSA) is 55.4 Å². The molecule has 0 aliphatic heterocycles. The first kappa shape index (κ1) is 14.7. The molecule has 100 valence electrons. The maximum Gasteiger partial charge on any atom is 0.408 e. The number of nitrogens with one attached hydrogen (secondary N) is 1. The molecule has 0 fully saturated rings. The van der Waals surface area contributed by atoms with Crippen LogP contribution in [0.5, 0.6) is 0 Å². The fourth-order valence-electron chi connectivity index (χ4n) is 1.39. The van der Waals surface area contributed by atoms with Gasteiger partial charge in [-0.1, -0.05) is 0 Å². The van der Waals surface area contributed by atoms with Crippen LogP contribution in [0.25, 0.3) is 0 Å². The van der Waals surface area contributed by atoms with Gasteiger partial charge in [0.2, 0.25) is 0 Å². The van der Waals surface area contributed by atoms with E-state index in [1.807, 2.05) is 16.8 Å². The van der Waals surface area contributed by atoms with Gasteiger partial charge in [-0.25, -0.2) is 4.79 Å². The number of carbonyl (C=O) groups is 2. The lowest BCUT2D eigenvalue weighted by Crippen LogP contribution is -2.40. The third kappa shape index (κ3) is 5.82. The predicted octanol–water partition coefficient (Wildman–Crippen LogP) is 2.77. The summed E-state index contributed by atoms with van der Waals surface area (Å²) in [6.07, 6.45) is 1.54. The number of ether oxygens (including phenoxy) is 1. The Morgan fingerprint density at radius 1 is 1.56 bits per heavy atom. The molecule has 0 radical (unpaired) electrons. The van der Waals surface area contributed by atoms with Gasteiger partial charge in [-0.15, -0.1) is 0 Å². The molecule has 0 aromatic carbocycles. The summed E-state index contributed by atoms with van der Waals surface area (Å²) >= 11 is 1.62. The Morgan fingerprint density at radius 3 is 2.78 bits per heavy atom. The quantitative estimate of drug-likeness (QED) is 0.836. The molecule has 5 heteroatoms. The fourth-order valence-corrected chi connectivity index (χ4v) is 2.09. The number of carbonyl (C=O) groups excluding carboxylic acids is 2. The van der Waals surface area contributed by atoms with Crippen LogP contribution in [0.1, 0.15) is 32.8 Å². The smallest absolute Gasteiger partial charge is 0.408 e. The van der Waals surface area contributed by atoms with E-state index in [4.69, 9.17) is 4.74 Å². The van der Waals surface area contributed by atoms with Gasteiger partial charge in [0.25, 0.3) is 0 Å². The van der Waals surface area contributed by atoms with Gasteiger partial charge in [0.05, 0.1) is 6.04 Å². The molecule has 0 spiro atoms. The Labute approximate surface area is 111 Å². The zero-order valence-corrected chi connectivity index (χ0v) is 11.8. The first-order valence-corrected chi connectivity index (χ1v) is 6.81. The third-order valence-corrected chi connectivity index (χ3v) is 2.92. The van der Waals surface area contributed by atoms with Crippen molar-refractivity contribution in [1.29, 1.82) is 0 Å². The summed E-state index contributed by atoms with van der Waals surface area (Å²) in [5, 5.41) is 6.59. The summed E-state index contributed by atoms with van der Waals surface area (Å²) in [4.78, 5) is 22.4. The van der Waals surface area contributed by atoms with E-state index in [0.29, 0.717) is 6.42 Å². The summed E-state index contributed by atoms with van der Waals surface area (Å²) in [7, 11) is 0. The molecule has 1 amide bonds. The minimum atomic E-state index is -0.551. The first-order valence-electron chi connectivity index (χ1n) is 5.86. The largest absolute Gasteiger partial charge is 0.444 e. The highest BCUT2D eigenvalue weighted by Gasteiger charge is 2.19. The van der Waals surface area contributed by atoms with Crippen LogP contribution >= 0.6 is 11.3 Å². The van der Waals surface area contributed by atoms with E-state index < -0.39 is 17.7 Å². The number of thiophene rings is 1. The van der Waals surface area contributed by atoms with E-state index in [0.717, 1.165) is 12.7 Å². The number of alkyl carbamates (subject to hydrolysis) is 1. The molecule has 0 aliphatic carbocycles. The van der Waals surface area contributed by atoms with Crippen LogP contribution in [0.15, 0.2) is 16.8 Å². The van der Waals surface area contributed by atoms with E-state index in [-0.39, 0.29) is 0 Å². The van der Waals surface area contributed by atoms with Crippen molar-refractivity contribution < 1.29 is 14.3 Å². The van der Waals surface area contributed by atoms with Crippen molar-refractivity contribution in [2.75, 3.05) is 0 Å². The van der Waals surface area contributed by atoms with Crippen LogP contribution in [0.2, 0.25) is 0 Å². The van der Waals surface area contributed by atoms with Gasteiger partial charge in [0, 0.05) is 0 Å². The van der Waals surface area contributed by atoms with Crippen LogP contribution in [-0.2, 0) is 16.0 Å². The van der Waals surface area contributed by atoms with Crippen molar-refractivity contribution in [3.05, 3.63) is 22.4 Å². The second kappa shape index (κ2) is 6.54. The average Bonchev–Trinajstić information content (AvgIpc) is 2.74. The van der Waals surface area contributed by atoms with Crippen molar-refractivity contribution in [1.82, 2.24) is 5.32 Å². The summed E-state index contributed by atoms with van der Waals surface area (Å²) in [6, 6.07) is 1.51. The summed E-state index contributed by atoms with van der Waals surface area (Å²) in [5.41, 5.74) is 0.628. The van der Waals surface area contributed by atoms with Crippen molar-refractivity contribution in [3.8, 4) is 0 Å². The van der Waals surface area contributed by atoms with E-state index in [1.165, 1.54) is 5.56 Å². The number of aryl methyl sites for hydroxylation is 1. The number of amides is 1. The van der Waals surface area contributed by atoms with E-state index in [2.05, 4.69) is 5.32 Å². The molecular weight excluding hydrogens is 250 g/mol. The van der Waals surface area contributed by atoms with Gasteiger partial charge < -0.3 is 14.8 Å². The van der Waals surface area contributed by atoms with Crippen LogP contribution < -0.4 is 5.32 Å². The minimum absolute atomic E-state index is 0.500. The Morgan fingerprint density at radius 2 is 2.28 bits per heavy atom. The molecule has 0 aliphatic rings. The lowest BCUT2D eigenvalue weighted by Gasteiger charge is -2.21. The van der Waals surface area contributed by atoms with E-state index >= 15 is 0 Å². The molecule has 0 saturated carbocycles. The molecule has 1 N–H and O–H groups in total. The first-order chi connectivity index (χ1) is 8.40. The Bertz CT molecular complexity index is 381. The van der Waals surface area contributed by atoms with Gasteiger partial charge in [0.15, 0.2) is 0 Å². The predicted molar refractivity (Wildman–Crippen MR) is 71.9 cm³/mol. The number of rotatable bonds is 5. The van der Waals surface area contributed by atoms with Gasteiger partial charge in [-0.3, -0.25) is 0 Å². The van der Waals surface area contributed by atoms with Crippen molar-refractivity contribution in [2.24, 2.45) is 0 Å². The molecule has 1 aromatic heterocycles. The zero-order valence-electron chi connectivity index (χ0n) is 10.9. The molecule has 0 bridgehead atoms. The summed E-state index contributed by atoms with van der Waals surface area (Å²) in [6.45, 7) is 5.36. The maximum atomic E-state index is 11.5. The highest BCUT2D eigenvalue weighted by atomic mass is 32.1. The van der Waals surface area contributed by atoms with Gasteiger partial charge in [-0.2, -0.15) is 11.3 Å². The minimum Gasteiger partial charge on any atom is -0.444 e. The summed E-state index contributed by atoms with van der Waals surface area (Å²) < 4.78 is 5.10. The van der Waals surface area contributed by atoms with Crippen LogP contribution in [-0.4, -0.2) is 24.0 Å². The number of aldehydes is 1. The second-order valence-electron chi connectivity index (χ2n) is 5.06. The lowest BCUT2D eigenvalue weighted by atomic mass is 10.1. The third-order valence-electron chi connectivity index (χ3n) is 2.19. The zero-order chi connectivity index (χ0) is 13.6. The molecule has 1 heterocycles. The molecule has 1 rings (SSSR count). The normalized spacial score (nSPS) is 12.8. The highest BCUT2D eigenvalue weighted by Crippen LogP contribution is 2.10. The molecule has 1 unspecified atom stereocenters. The average molecular weight is 269 g/mol. The van der Waals surface area contributed by atoms with Gasteiger partial charge in [0.1, 0.15) is 11.9 Å². The van der Waals surface area contributed by atoms with Gasteiger partial charge >= 0.3 is 6.09 Å². The van der Waals surface area contributed by atoms with Crippen molar-refractivity contribution in [3.63, 3.8) is 0 Å². The molecule has 0 saturated heterocycles. The SMILES string of the molecule is CC(C)(C)OC(=O)NC(C=O)CCc1ccsc1. The maximum absolute atomic E-state index is 11.5. The number of hydrogen-bond donors (Lipinski definition) is 1. The molecule has 1 aromatic rings. The van der Waals surface area contributed by atoms with Gasteiger partial charge in [-0.05, 0) is 56.0 Å². The van der Waals surface area contributed by atoms with E-state index in [1.54, 1.807) is 32.1 Å². The van der Waals surface area contributed by atoms with Crippen molar-refractivity contribution in [2.45, 2.75) is 45.3 Å². The van der Waals surface area contributed by atoms with E-state index in [9.17, 15) is 9.59 Å². The molecule has 1 atom stereocenters. The van der Waals surface area contributed by atoms with Crippen LogP contribution in [0.4, 0.5) is 4.79 Å². The Kier molecular flexibility index (Phi) is 5.34. The summed E-state index contributed by atoms with van der Waals surface area (Å²) in [5.74, 6) is 0. The van der Waals surface area contributed by atoms with Crippen LogP contribution in [0.3, 0.4) is 0 Å².